The van der Waals surface area contributed by atoms with Crippen LogP contribution in [-0.4, -0.2) is 13.1 Å². The molecule has 0 aliphatic heterocycles. The molecule has 0 aromatic carbocycles. The molecular weight excluding hydrogens is 127 g/mol. The van der Waals surface area contributed by atoms with Gasteiger partial charge >= 0.3 is 16.8 Å². The second-order valence-electron chi connectivity index (χ2n) is 0.467. The van der Waals surface area contributed by atoms with Gasteiger partial charge in [-0.2, -0.15) is 0 Å². The van der Waals surface area contributed by atoms with E-state index in [4.69, 9.17) is 4.79 Å². The van der Waals surface area contributed by atoms with Gasteiger partial charge in [0.25, 0.3) is 6.47 Å². The molecule has 0 fully saturated rings. The van der Waals surface area contributed by atoms with Gasteiger partial charge in [-0.15, -0.1) is 0 Å². The van der Waals surface area contributed by atoms with Crippen molar-refractivity contribution in [1.82, 2.24) is 0 Å². The second kappa shape index (κ2) is 8.88. The zero-order chi connectivity index (χ0) is 4.12. The number of hydrogen-bond donors (Lipinski definition) is 0. The van der Waals surface area contributed by atoms with E-state index in [9.17, 15) is 0 Å². The van der Waals surface area contributed by atoms with Gasteiger partial charge in [0.1, 0.15) is 0 Å². The molecule has 37 valence electrons. The molecule has 6 heavy (non-hydrogen) atoms. The first-order valence-corrected chi connectivity index (χ1v) is 1.26. The molecule has 0 atom stereocenters. The number of ether oxygens (including phenoxy) is 1. The van der Waals surface area contributed by atoms with Crippen molar-refractivity contribution in [2.24, 2.45) is 0 Å². The fourth-order valence-corrected chi connectivity index (χ4v) is 0.0481. The van der Waals surface area contributed by atoms with E-state index in [1.807, 2.05) is 0 Å². The molecule has 0 aliphatic rings. The van der Waals surface area contributed by atoms with Gasteiger partial charge in [0.15, 0.2) is 0 Å². The molecule has 0 saturated heterocycles. The van der Waals surface area contributed by atoms with E-state index < -0.39 is 0 Å². The van der Waals surface area contributed by atoms with Crippen LogP contribution in [0.2, 0.25) is 0 Å². The summed E-state index contributed by atoms with van der Waals surface area (Å²) in [7, 11) is 0. The van der Waals surface area contributed by atoms with Crippen molar-refractivity contribution in [2.45, 2.75) is 0 Å². The van der Waals surface area contributed by atoms with Crippen LogP contribution in [0.5, 0.6) is 0 Å². The van der Waals surface area contributed by atoms with Crippen molar-refractivity contribution >= 4 is 6.47 Å². The number of hydrogen-bond acceptors (Lipinski definition) is 2. The normalized spacial score (nSPS) is 5.50. The molecule has 0 heterocycles. The Morgan fingerprint density at radius 3 is 2.33 bits per heavy atom. The van der Waals surface area contributed by atoms with Crippen molar-refractivity contribution in [3.63, 3.8) is 0 Å². The number of carbonyl (C=O) groups excluding carboxylic acids is 1. The first kappa shape index (κ1) is 9.36. The molecule has 0 spiro atoms. The molecule has 3 heteroatoms. The summed E-state index contributed by atoms with van der Waals surface area (Å²) in [5, 5.41) is 0. The average molecular weight is 132 g/mol. The van der Waals surface area contributed by atoms with Crippen LogP contribution >= 0.6 is 0 Å². The Morgan fingerprint density at radius 2 is 2.33 bits per heavy atom. The van der Waals surface area contributed by atoms with Gasteiger partial charge in [-0.3, -0.25) is 4.79 Å². The SMILES string of the molecule is [CH2-]COC=O.[Co+2]. The second-order valence-corrected chi connectivity index (χ2v) is 0.467. The van der Waals surface area contributed by atoms with Gasteiger partial charge in [-0.1, -0.05) is 0 Å². The van der Waals surface area contributed by atoms with Crippen molar-refractivity contribution in [3.05, 3.63) is 6.92 Å². The van der Waals surface area contributed by atoms with Crippen LogP contribution in [0.1, 0.15) is 0 Å². The van der Waals surface area contributed by atoms with Gasteiger partial charge in [-0.05, 0) is 6.61 Å². The standard InChI is InChI=1S/C3H5O2.Co/c1-2-5-3-4;/h3H,1-2H2;/q-1;+2. The Hall–Kier alpha value is -0.0235. The summed E-state index contributed by atoms with van der Waals surface area (Å²) >= 11 is 0. The largest absolute Gasteiger partial charge is 2.00 e. The van der Waals surface area contributed by atoms with Crippen molar-refractivity contribution in [2.75, 3.05) is 6.61 Å². The Balaban J connectivity index is 0. The first-order valence-electron chi connectivity index (χ1n) is 1.26. The minimum Gasteiger partial charge on any atom is -0.501 e. The van der Waals surface area contributed by atoms with Gasteiger partial charge in [-0.25, -0.2) is 0 Å². The third-order valence-electron chi connectivity index (χ3n) is 0.186. The topological polar surface area (TPSA) is 26.3 Å². The summed E-state index contributed by atoms with van der Waals surface area (Å²) in [6.45, 7) is 3.82. The predicted octanol–water partition coefficient (Wildman–Crippen LogP) is -0.00901. The molecule has 0 bridgehead atoms. The van der Waals surface area contributed by atoms with Gasteiger partial charge < -0.3 is 11.7 Å². The van der Waals surface area contributed by atoms with E-state index in [1.165, 1.54) is 0 Å². The maximum atomic E-state index is 9.14. The third-order valence-corrected chi connectivity index (χ3v) is 0.186. The molecule has 0 unspecified atom stereocenters. The maximum absolute atomic E-state index is 9.14. The van der Waals surface area contributed by atoms with Crippen LogP contribution in [0.4, 0.5) is 0 Å². The first-order chi connectivity index (χ1) is 2.41. The maximum Gasteiger partial charge on any atom is 2.00 e. The molecule has 0 rings (SSSR count). The van der Waals surface area contributed by atoms with Crippen LogP contribution < -0.4 is 0 Å². The average Bonchev–Trinajstić information content (AvgIpc) is 1.41. The number of rotatable bonds is 2. The fourth-order valence-electron chi connectivity index (χ4n) is 0.0481. The van der Waals surface area contributed by atoms with Gasteiger partial charge in [0, 0.05) is 0 Å². The monoisotopic (exact) mass is 132 g/mol. The minimum atomic E-state index is 0. The quantitative estimate of drug-likeness (QED) is 0.390. The molecule has 0 N–H and O–H groups in total. The molecule has 0 saturated carbocycles. The van der Waals surface area contributed by atoms with Crippen molar-refractivity contribution < 1.29 is 26.3 Å². The third kappa shape index (κ3) is 9.02. The molecule has 0 amide bonds. The Kier molecular flexibility index (Phi) is 13.9. The van der Waals surface area contributed by atoms with Crippen molar-refractivity contribution in [1.29, 1.82) is 0 Å². The van der Waals surface area contributed by atoms with E-state index in [0.29, 0.717) is 6.47 Å². The van der Waals surface area contributed by atoms with Crippen molar-refractivity contribution in [3.8, 4) is 0 Å². The predicted molar refractivity (Wildman–Crippen MR) is 17.4 cm³/mol. The van der Waals surface area contributed by atoms with Crippen LogP contribution in [-0.2, 0) is 26.3 Å². The summed E-state index contributed by atoms with van der Waals surface area (Å²) in [5.41, 5.74) is 0. The Bertz CT molecular complexity index is 30.0. The molecule has 0 aliphatic carbocycles. The van der Waals surface area contributed by atoms with E-state index >= 15 is 0 Å². The van der Waals surface area contributed by atoms with Crippen LogP contribution in [0.15, 0.2) is 0 Å². The zero-order valence-electron chi connectivity index (χ0n) is 3.14. The summed E-state index contributed by atoms with van der Waals surface area (Å²) in [5.74, 6) is 0. The van der Waals surface area contributed by atoms with Crippen LogP contribution in [0, 0.1) is 6.92 Å². The van der Waals surface area contributed by atoms with E-state index in [0.717, 1.165) is 0 Å². The summed E-state index contributed by atoms with van der Waals surface area (Å²) < 4.78 is 4.04. The fraction of sp³-hybridized carbons (Fsp3) is 0.333. The van der Waals surface area contributed by atoms with E-state index in [2.05, 4.69) is 11.7 Å². The Morgan fingerprint density at radius 1 is 1.83 bits per heavy atom. The minimum absolute atomic E-state index is 0. The summed E-state index contributed by atoms with van der Waals surface area (Å²) in [4.78, 5) is 9.14. The molecule has 0 aromatic rings. The molecule has 2 nitrogen and oxygen atoms in total. The summed E-state index contributed by atoms with van der Waals surface area (Å²) in [6.07, 6.45) is 0. The van der Waals surface area contributed by atoms with Crippen LogP contribution in [0.3, 0.4) is 0 Å². The summed E-state index contributed by atoms with van der Waals surface area (Å²) in [6, 6.07) is 0. The van der Waals surface area contributed by atoms with Crippen LogP contribution in [0.25, 0.3) is 0 Å². The molecular formula is C3H5CoO2+. The van der Waals surface area contributed by atoms with Gasteiger partial charge in [0.2, 0.25) is 0 Å². The van der Waals surface area contributed by atoms with E-state index in [-0.39, 0.29) is 23.4 Å². The smallest absolute Gasteiger partial charge is 0.501 e. The Labute approximate surface area is 47.1 Å². The molecule has 0 aromatic heterocycles. The van der Waals surface area contributed by atoms with Gasteiger partial charge in [0.05, 0.1) is 0 Å². The zero-order valence-corrected chi connectivity index (χ0v) is 4.18. The van der Waals surface area contributed by atoms with E-state index in [1.54, 1.807) is 0 Å². The molecule has 1 radical (unpaired) electrons. The number of carbonyl (C=O) groups is 1.